The number of anilines is 1. The van der Waals surface area contributed by atoms with Gasteiger partial charge in [-0.1, -0.05) is 5.16 Å². The average molecular weight is 455 g/mol. The second kappa shape index (κ2) is 9.39. The van der Waals surface area contributed by atoms with Crippen LogP contribution in [-0.4, -0.2) is 69.9 Å². The van der Waals surface area contributed by atoms with Gasteiger partial charge in [-0.25, -0.2) is 9.78 Å². The van der Waals surface area contributed by atoms with Gasteiger partial charge in [0.1, 0.15) is 17.3 Å². The fourth-order valence-electron chi connectivity index (χ4n) is 2.27. The molecule has 2 rings (SSSR count). The topological polar surface area (TPSA) is 168 Å². The summed E-state index contributed by atoms with van der Waals surface area (Å²) in [4.78, 5) is 56.9. The van der Waals surface area contributed by atoms with Gasteiger partial charge < -0.3 is 30.6 Å². The van der Waals surface area contributed by atoms with Crippen molar-refractivity contribution in [1.29, 1.82) is 0 Å². The van der Waals surface area contributed by atoms with Crippen molar-refractivity contribution in [2.75, 3.05) is 11.9 Å². The third-order valence-electron chi connectivity index (χ3n) is 3.90. The van der Waals surface area contributed by atoms with Crippen molar-refractivity contribution in [3.63, 3.8) is 0 Å². The summed E-state index contributed by atoms with van der Waals surface area (Å²) < 4.78 is 5.29. The Labute approximate surface area is 182 Å². The van der Waals surface area contributed by atoms with Crippen molar-refractivity contribution in [3.8, 4) is 0 Å². The molecule has 3 amide bonds. The Kier molecular flexibility index (Phi) is 7.33. The number of carbonyl (C=O) groups excluding carboxylic acids is 4. The first-order valence-electron chi connectivity index (χ1n) is 9.25. The van der Waals surface area contributed by atoms with Crippen LogP contribution in [0, 0.1) is 0 Å². The number of nitrogens with one attached hydrogen (secondary N) is 3. The second-order valence-corrected chi connectivity index (χ2v) is 8.95. The number of aromatic nitrogens is 1. The van der Waals surface area contributed by atoms with Crippen LogP contribution in [0.2, 0.25) is 0 Å². The molecule has 0 unspecified atom stereocenters. The van der Waals surface area contributed by atoms with Gasteiger partial charge in [-0.05, 0) is 34.6 Å². The Morgan fingerprint density at radius 1 is 1.35 bits per heavy atom. The average Bonchev–Trinajstić information content (AvgIpc) is 3.11. The monoisotopic (exact) mass is 455 g/mol. The van der Waals surface area contributed by atoms with Crippen LogP contribution in [0.4, 0.5) is 5.13 Å². The summed E-state index contributed by atoms with van der Waals surface area (Å²) in [5, 5.41) is 21.9. The first-order valence-corrected chi connectivity index (χ1v) is 10.1. The lowest BCUT2D eigenvalue weighted by molar-refractivity contribution is -0.179. The van der Waals surface area contributed by atoms with E-state index in [2.05, 4.69) is 26.1 Å². The molecule has 1 fully saturated rings. The maximum atomic E-state index is 12.8. The van der Waals surface area contributed by atoms with Crippen LogP contribution in [0.5, 0.6) is 0 Å². The van der Waals surface area contributed by atoms with E-state index < -0.39 is 41.1 Å². The van der Waals surface area contributed by atoms with Crippen LogP contribution in [0.1, 0.15) is 40.3 Å². The highest BCUT2D eigenvalue weighted by atomic mass is 32.1. The van der Waals surface area contributed by atoms with E-state index in [0.717, 1.165) is 11.3 Å². The molecule has 1 aromatic rings. The van der Waals surface area contributed by atoms with Crippen LogP contribution >= 0.6 is 11.3 Å². The Balaban J connectivity index is 2.28. The van der Waals surface area contributed by atoms with E-state index in [9.17, 15) is 24.3 Å². The van der Waals surface area contributed by atoms with Crippen molar-refractivity contribution in [3.05, 3.63) is 11.1 Å². The van der Waals surface area contributed by atoms with Gasteiger partial charge >= 0.3 is 5.97 Å². The molecule has 1 aliphatic heterocycles. The standard InChI is InChI=1S/C18H25N5O7S/c1-17(2,3)29-15(28)18(4,5)30-23-12(10-7-31-16(21-10)19-8-25)14(27)22-11-9(6-24)20-13(11)26/h7-9,11,24H,6H2,1-5H3,(H,20,26)(H,22,27)(H,19,21,25)/b23-12-/t9-,11+/m1/s1. The quantitative estimate of drug-likeness (QED) is 0.127. The largest absolute Gasteiger partial charge is 0.457 e. The molecule has 0 spiro atoms. The Morgan fingerprint density at radius 3 is 2.58 bits per heavy atom. The lowest BCUT2D eigenvalue weighted by atomic mass is 9.99. The lowest BCUT2D eigenvalue weighted by Crippen LogP contribution is -2.70. The number of esters is 1. The van der Waals surface area contributed by atoms with Gasteiger partial charge in [0.05, 0.1) is 12.6 Å². The van der Waals surface area contributed by atoms with Gasteiger partial charge in [-0.3, -0.25) is 14.4 Å². The molecule has 13 heteroatoms. The number of oxime groups is 1. The maximum absolute atomic E-state index is 12.8. The number of carbonyl (C=O) groups is 4. The predicted octanol–water partition coefficient (Wildman–Crippen LogP) is -0.472. The summed E-state index contributed by atoms with van der Waals surface area (Å²) in [6.07, 6.45) is 0.423. The van der Waals surface area contributed by atoms with Crippen molar-refractivity contribution >= 4 is 46.4 Å². The number of β-lactam (4-membered cyclic amide) rings is 1. The highest BCUT2D eigenvalue weighted by molar-refractivity contribution is 7.14. The van der Waals surface area contributed by atoms with E-state index in [4.69, 9.17) is 9.57 Å². The number of thiazole rings is 1. The van der Waals surface area contributed by atoms with Crippen molar-refractivity contribution in [1.82, 2.24) is 15.6 Å². The number of hydrogen-bond acceptors (Lipinski definition) is 10. The molecule has 0 saturated carbocycles. The molecule has 0 aliphatic carbocycles. The third-order valence-corrected chi connectivity index (χ3v) is 4.67. The zero-order valence-electron chi connectivity index (χ0n) is 17.7. The molecule has 12 nitrogen and oxygen atoms in total. The summed E-state index contributed by atoms with van der Waals surface area (Å²) in [6.45, 7) is 7.56. The number of hydrogen-bond donors (Lipinski definition) is 4. The van der Waals surface area contributed by atoms with Crippen molar-refractivity contribution in [2.45, 2.75) is 57.9 Å². The van der Waals surface area contributed by atoms with E-state index in [0.29, 0.717) is 6.41 Å². The Bertz CT molecular complexity index is 890. The molecular weight excluding hydrogens is 430 g/mol. The zero-order valence-corrected chi connectivity index (χ0v) is 18.5. The smallest absolute Gasteiger partial charge is 0.353 e. The first kappa shape index (κ1) is 24.2. The fraction of sp³-hybridized carbons (Fsp3) is 0.556. The molecule has 4 N–H and O–H groups in total. The van der Waals surface area contributed by atoms with Crippen LogP contribution in [-0.2, 0) is 28.8 Å². The lowest BCUT2D eigenvalue weighted by Gasteiger charge is -2.35. The summed E-state index contributed by atoms with van der Waals surface area (Å²) in [7, 11) is 0. The number of aliphatic hydroxyl groups is 1. The summed E-state index contributed by atoms with van der Waals surface area (Å²) in [5.41, 5.74) is -2.58. The molecule has 0 radical (unpaired) electrons. The van der Waals surface area contributed by atoms with E-state index in [-0.39, 0.29) is 23.1 Å². The first-order chi connectivity index (χ1) is 14.4. The van der Waals surface area contributed by atoms with Crippen molar-refractivity contribution < 1.29 is 33.9 Å². The van der Waals surface area contributed by atoms with Crippen LogP contribution in [0.15, 0.2) is 10.5 Å². The number of ether oxygens (including phenoxy) is 1. The SMILES string of the molecule is CC(C)(C)OC(=O)C(C)(C)O/N=C(\C(=O)N[C@@H]1C(=O)N[C@@H]1CO)c1csc(NC=O)n1. The molecule has 2 heterocycles. The van der Waals surface area contributed by atoms with E-state index in [1.165, 1.54) is 19.2 Å². The highest BCUT2D eigenvalue weighted by Crippen LogP contribution is 2.20. The molecule has 1 aliphatic rings. The summed E-state index contributed by atoms with van der Waals surface area (Å²) in [5.74, 6) is -1.99. The van der Waals surface area contributed by atoms with Gasteiger partial charge in [0.2, 0.25) is 17.9 Å². The fourth-order valence-corrected chi connectivity index (χ4v) is 2.93. The molecule has 170 valence electrons. The second-order valence-electron chi connectivity index (χ2n) is 8.09. The van der Waals surface area contributed by atoms with Gasteiger partial charge in [0.25, 0.3) is 5.91 Å². The highest BCUT2D eigenvalue weighted by Gasteiger charge is 2.41. The van der Waals surface area contributed by atoms with E-state index >= 15 is 0 Å². The van der Waals surface area contributed by atoms with Crippen LogP contribution < -0.4 is 16.0 Å². The minimum absolute atomic E-state index is 0.0483. The molecule has 0 bridgehead atoms. The number of aliphatic hydroxyl groups excluding tert-OH is 1. The van der Waals surface area contributed by atoms with Crippen LogP contribution in [0.25, 0.3) is 0 Å². The number of nitrogens with zero attached hydrogens (tertiary/aromatic N) is 2. The molecule has 1 aromatic heterocycles. The minimum Gasteiger partial charge on any atom is -0.457 e. The Hall–Kier alpha value is -3.06. The van der Waals surface area contributed by atoms with Gasteiger partial charge in [0.15, 0.2) is 10.8 Å². The summed E-state index contributed by atoms with van der Waals surface area (Å²) >= 11 is 1.03. The zero-order chi connectivity index (χ0) is 23.4. The number of amides is 3. The molecule has 2 atom stereocenters. The molecule has 31 heavy (non-hydrogen) atoms. The summed E-state index contributed by atoms with van der Waals surface area (Å²) in [6, 6.07) is -1.60. The normalized spacial score (nSPS) is 19.0. The van der Waals surface area contributed by atoms with Gasteiger partial charge in [-0.15, -0.1) is 11.3 Å². The molecule has 1 saturated heterocycles. The Morgan fingerprint density at radius 2 is 2.03 bits per heavy atom. The molecule has 0 aromatic carbocycles. The maximum Gasteiger partial charge on any atom is 0.353 e. The van der Waals surface area contributed by atoms with E-state index in [1.54, 1.807) is 20.8 Å². The predicted molar refractivity (Wildman–Crippen MR) is 110 cm³/mol. The number of rotatable bonds is 9. The van der Waals surface area contributed by atoms with E-state index in [1.807, 2.05) is 0 Å². The minimum atomic E-state index is -1.54. The third kappa shape index (κ3) is 6.21. The van der Waals surface area contributed by atoms with Crippen LogP contribution in [0.3, 0.4) is 0 Å². The van der Waals surface area contributed by atoms with Gasteiger partial charge in [0, 0.05) is 5.38 Å². The van der Waals surface area contributed by atoms with Gasteiger partial charge in [-0.2, -0.15) is 0 Å². The molecular formula is C18H25N5O7S. The van der Waals surface area contributed by atoms with Crippen molar-refractivity contribution in [2.24, 2.45) is 5.16 Å².